The molecule has 1 unspecified atom stereocenters. The van der Waals surface area contributed by atoms with Gasteiger partial charge in [0, 0.05) is 32.0 Å². The lowest BCUT2D eigenvalue weighted by Crippen LogP contribution is -2.70. The fourth-order valence-electron chi connectivity index (χ4n) is 4.31. The van der Waals surface area contributed by atoms with Crippen LogP contribution < -0.4 is 0 Å². The lowest BCUT2D eigenvalue weighted by Gasteiger charge is -2.51. The predicted octanol–water partition coefficient (Wildman–Crippen LogP) is 6.24. The van der Waals surface area contributed by atoms with E-state index in [1.807, 2.05) is 27.7 Å². The zero-order chi connectivity index (χ0) is 27.2. The third-order valence-corrected chi connectivity index (χ3v) is 6.57. The van der Waals surface area contributed by atoms with Crippen LogP contribution in [0, 0.1) is 0 Å². The SMILES string of the molecule is CCCCOCC1(O)O[C@@H](C(F)(F)c2ccccc2)[C@H](OCCCC)[C@@H](OCCCC)[C@@H]1OCCCC. The Morgan fingerprint density at radius 3 is 1.86 bits per heavy atom. The molecule has 6 nitrogen and oxygen atoms in total. The first-order valence-electron chi connectivity index (χ1n) is 14.1. The summed E-state index contributed by atoms with van der Waals surface area (Å²) >= 11 is 0. The quantitative estimate of drug-likeness (QED) is 0.214. The van der Waals surface area contributed by atoms with Crippen molar-refractivity contribution in [3.05, 3.63) is 35.9 Å². The second-order valence-corrected chi connectivity index (χ2v) is 9.80. The topological polar surface area (TPSA) is 66.4 Å². The second-order valence-electron chi connectivity index (χ2n) is 9.80. The van der Waals surface area contributed by atoms with Crippen molar-refractivity contribution in [3.63, 3.8) is 0 Å². The first-order chi connectivity index (χ1) is 17.9. The van der Waals surface area contributed by atoms with E-state index >= 15 is 8.78 Å². The van der Waals surface area contributed by atoms with E-state index in [0.717, 1.165) is 44.9 Å². The minimum Gasteiger partial charge on any atom is -0.376 e. The number of alkyl halides is 2. The number of benzene rings is 1. The lowest BCUT2D eigenvalue weighted by molar-refractivity contribution is -0.398. The van der Waals surface area contributed by atoms with Crippen LogP contribution in [0.5, 0.6) is 0 Å². The molecule has 1 aliphatic rings. The number of rotatable bonds is 19. The van der Waals surface area contributed by atoms with Gasteiger partial charge in [-0.15, -0.1) is 0 Å². The van der Waals surface area contributed by atoms with Gasteiger partial charge in [-0.3, -0.25) is 0 Å². The summed E-state index contributed by atoms with van der Waals surface area (Å²) in [5.41, 5.74) is -0.212. The van der Waals surface area contributed by atoms with Crippen LogP contribution in [-0.4, -0.2) is 68.3 Å². The van der Waals surface area contributed by atoms with Gasteiger partial charge < -0.3 is 28.8 Å². The van der Waals surface area contributed by atoms with E-state index in [1.165, 1.54) is 12.1 Å². The van der Waals surface area contributed by atoms with Crippen molar-refractivity contribution >= 4 is 0 Å². The number of ether oxygens (including phenoxy) is 5. The van der Waals surface area contributed by atoms with Gasteiger partial charge in [-0.1, -0.05) is 83.7 Å². The van der Waals surface area contributed by atoms with E-state index in [2.05, 4.69) is 0 Å². The zero-order valence-corrected chi connectivity index (χ0v) is 23.1. The maximum atomic E-state index is 16.1. The Kier molecular flexibility index (Phi) is 14.5. The van der Waals surface area contributed by atoms with Crippen molar-refractivity contribution in [3.8, 4) is 0 Å². The minimum atomic E-state index is -3.46. The van der Waals surface area contributed by atoms with Crippen LogP contribution in [0.4, 0.5) is 8.78 Å². The molecule has 0 amide bonds. The van der Waals surface area contributed by atoms with E-state index in [9.17, 15) is 5.11 Å². The Balaban J connectivity index is 2.51. The molecular weight excluding hydrogens is 482 g/mol. The molecule has 1 aliphatic heterocycles. The van der Waals surface area contributed by atoms with Gasteiger partial charge in [0.15, 0.2) is 6.10 Å². The number of aliphatic hydroxyl groups is 1. The molecule has 1 aromatic rings. The standard InChI is InChI=1S/C29H48F2O6/c1-5-9-18-33-22-28(32)26(36-21-12-8-4)24(34-19-10-6-2)25(35-20-11-7-3)27(37-28)29(30,31)23-16-14-13-15-17-23/h13-17,24-27,32H,5-12,18-22H2,1-4H3/t24-,25-,26+,27-,28?/m1/s1. The number of unbranched alkanes of at least 4 members (excludes halogenated alkanes) is 4. The maximum absolute atomic E-state index is 16.1. The molecule has 0 aliphatic carbocycles. The van der Waals surface area contributed by atoms with E-state index in [0.29, 0.717) is 26.2 Å². The van der Waals surface area contributed by atoms with Gasteiger partial charge in [-0.25, -0.2) is 0 Å². The molecule has 1 heterocycles. The van der Waals surface area contributed by atoms with Crippen LogP contribution in [0.2, 0.25) is 0 Å². The highest BCUT2D eigenvalue weighted by atomic mass is 19.3. The lowest BCUT2D eigenvalue weighted by atomic mass is 9.87. The van der Waals surface area contributed by atoms with Crippen molar-refractivity contribution in [2.24, 2.45) is 0 Å². The summed E-state index contributed by atoms with van der Waals surface area (Å²) in [6, 6.07) is 7.53. The van der Waals surface area contributed by atoms with Gasteiger partial charge in [0.1, 0.15) is 24.9 Å². The maximum Gasteiger partial charge on any atom is 0.301 e. The Morgan fingerprint density at radius 1 is 0.784 bits per heavy atom. The van der Waals surface area contributed by atoms with Crippen molar-refractivity contribution in [1.29, 1.82) is 0 Å². The van der Waals surface area contributed by atoms with Gasteiger partial charge in [0.05, 0.1) is 0 Å². The summed E-state index contributed by atoms with van der Waals surface area (Å²) < 4.78 is 62.4. The Morgan fingerprint density at radius 2 is 1.30 bits per heavy atom. The number of hydrogen-bond acceptors (Lipinski definition) is 6. The average Bonchev–Trinajstić information content (AvgIpc) is 2.90. The molecule has 0 bridgehead atoms. The van der Waals surface area contributed by atoms with Gasteiger partial charge >= 0.3 is 5.92 Å². The fourth-order valence-corrected chi connectivity index (χ4v) is 4.31. The highest BCUT2D eigenvalue weighted by Gasteiger charge is 2.63. The van der Waals surface area contributed by atoms with Crippen molar-refractivity contribution in [2.75, 3.05) is 33.0 Å². The molecule has 5 atom stereocenters. The van der Waals surface area contributed by atoms with Crippen molar-refractivity contribution in [2.45, 2.75) is 115 Å². The summed E-state index contributed by atoms with van der Waals surface area (Å²) in [5, 5.41) is 11.8. The van der Waals surface area contributed by atoms with Crippen LogP contribution in [0.25, 0.3) is 0 Å². The summed E-state index contributed by atoms with van der Waals surface area (Å²) in [5.74, 6) is -5.60. The average molecular weight is 531 g/mol. The molecule has 8 heteroatoms. The summed E-state index contributed by atoms with van der Waals surface area (Å²) in [7, 11) is 0. The van der Waals surface area contributed by atoms with Crippen LogP contribution >= 0.6 is 0 Å². The summed E-state index contributed by atoms with van der Waals surface area (Å²) in [4.78, 5) is 0. The molecule has 1 saturated heterocycles. The smallest absolute Gasteiger partial charge is 0.301 e. The molecular formula is C29H48F2O6. The molecule has 1 fully saturated rings. The van der Waals surface area contributed by atoms with Crippen LogP contribution in [0.3, 0.4) is 0 Å². The Hall–Kier alpha value is -1.16. The normalized spacial score (nSPS) is 26.5. The fraction of sp³-hybridized carbons (Fsp3) is 0.793. The monoisotopic (exact) mass is 530 g/mol. The number of halogens is 2. The molecule has 0 saturated carbocycles. The predicted molar refractivity (Wildman–Crippen MR) is 140 cm³/mol. The molecule has 214 valence electrons. The molecule has 1 aromatic carbocycles. The van der Waals surface area contributed by atoms with Gasteiger partial charge in [0.2, 0.25) is 5.79 Å². The van der Waals surface area contributed by atoms with E-state index in [4.69, 9.17) is 23.7 Å². The molecule has 0 spiro atoms. The third kappa shape index (κ3) is 9.22. The van der Waals surface area contributed by atoms with Crippen LogP contribution in [0.15, 0.2) is 30.3 Å². The van der Waals surface area contributed by atoms with E-state index < -0.39 is 36.1 Å². The van der Waals surface area contributed by atoms with Crippen LogP contribution in [0.1, 0.15) is 84.6 Å². The van der Waals surface area contributed by atoms with Gasteiger partial charge in [0.25, 0.3) is 0 Å². The van der Waals surface area contributed by atoms with Crippen molar-refractivity contribution < 1.29 is 37.6 Å². The first kappa shape index (κ1) is 32.1. The van der Waals surface area contributed by atoms with Crippen molar-refractivity contribution in [1.82, 2.24) is 0 Å². The molecule has 37 heavy (non-hydrogen) atoms. The van der Waals surface area contributed by atoms with Crippen LogP contribution in [-0.2, 0) is 29.6 Å². The first-order valence-corrected chi connectivity index (χ1v) is 14.1. The van der Waals surface area contributed by atoms with E-state index in [-0.39, 0.29) is 18.8 Å². The highest BCUT2D eigenvalue weighted by molar-refractivity contribution is 5.23. The number of hydrogen-bond donors (Lipinski definition) is 1. The summed E-state index contributed by atoms with van der Waals surface area (Å²) in [6.45, 7) is 9.10. The van der Waals surface area contributed by atoms with Gasteiger partial charge in [-0.05, 0) is 25.7 Å². The summed E-state index contributed by atoms with van der Waals surface area (Å²) in [6.07, 6.45) is 1.51. The Bertz CT molecular complexity index is 722. The highest BCUT2D eigenvalue weighted by Crippen LogP contribution is 2.44. The minimum absolute atomic E-state index is 0.212. The zero-order valence-electron chi connectivity index (χ0n) is 23.1. The molecule has 0 aromatic heterocycles. The molecule has 0 radical (unpaired) electrons. The van der Waals surface area contributed by atoms with E-state index in [1.54, 1.807) is 18.2 Å². The largest absolute Gasteiger partial charge is 0.376 e. The second kappa shape index (κ2) is 16.7. The third-order valence-electron chi connectivity index (χ3n) is 6.57. The molecule has 2 rings (SSSR count). The molecule has 1 N–H and O–H groups in total. The van der Waals surface area contributed by atoms with Gasteiger partial charge in [-0.2, -0.15) is 8.78 Å². The Labute approximate surface area is 222 Å².